The molecule has 1 saturated heterocycles. The number of carbonyl (C=O) groups is 1. The minimum absolute atomic E-state index is 0.299. The van der Waals surface area contributed by atoms with E-state index in [4.69, 9.17) is 4.74 Å². The minimum Gasteiger partial charge on any atom is -0.465 e. The second-order valence-corrected chi connectivity index (χ2v) is 4.96. The van der Waals surface area contributed by atoms with Gasteiger partial charge in [-0.25, -0.2) is 9.97 Å². The van der Waals surface area contributed by atoms with E-state index < -0.39 is 11.4 Å². The Morgan fingerprint density at radius 2 is 2.10 bits per heavy atom. The van der Waals surface area contributed by atoms with Gasteiger partial charge in [0.25, 0.3) is 0 Å². The Labute approximate surface area is 119 Å². The highest BCUT2D eigenvalue weighted by Gasteiger charge is 2.43. The lowest BCUT2D eigenvalue weighted by molar-refractivity contribution is -0.153. The van der Waals surface area contributed by atoms with Crippen molar-refractivity contribution < 1.29 is 9.53 Å². The van der Waals surface area contributed by atoms with Crippen LogP contribution in [0.4, 0.5) is 5.95 Å². The first kappa shape index (κ1) is 14.3. The van der Waals surface area contributed by atoms with E-state index in [0.717, 1.165) is 5.46 Å². The van der Waals surface area contributed by atoms with Gasteiger partial charge in [-0.05, 0) is 19.8 Å². The molecule has 0 N–H and O–H groups in total. The zero-order chi connectivity index (χ0) is 14.6. The molecule has 1 aromatic rings. The summed E-state index contributed by atoms with van der Waals surface area (Å²) < 4.78 is 5.02. The number of rotatable bonds is 3. The molecule has 2 heterocycles. The standard InChI is InChI=1S/C13H17BN4O2/c1-2-20-11(19)13(9-15)3-5-18(6-4-13)12-16-7-10(14)8-17-12/h7-8H,2-6,14H2,1H3. The summed E-state index contributed by atoms with van der Waals surface area (Å²) in [5.74, 6) is 0.234. The molecule has 2 rings (SSSR count). The molecule has 0 amide bonds. The Hall–Kier alpha value is -2.10. The van der Waals surface area contributed by atoms with Crippen LogP contribution in [-0.2, 0) is 9.53 Å². The Morgan fingerprint density at radius 1 is 1.50 bits per heavy atom. The molecule has 104 valence electrons. The second-order valence-electron chi connectivity index (χ2n) is 4.96. The number of nitriles is 1. The smallest absolute Gasteiger partial charge is 0.326 e. The van der Waals surface area contributed by atoms with E-state index in [-0.39, 0.29) is 0 Å². The molecular weight excluding hydrogens is 255 g/mol. The molecule has 1 aliphatic rings. The topological polar surface area (TPSA) is 79.1 Å². The quantitative estimate of drug-likeness (QED) is 0.540. The van der Waals surface area contributed by atoms with Gasteiger partial charge in [0.05, 0.1) is 12.7 Å². The summed E-state index contributed by atoms with van der Waals surface area (Å²) in [5, 5.41) is 9.33. The number of anilines is 1. The third-order valence-electron chi connectivity index (χ3n) is 3.55. The van der Waals surface area contributed by atoms with Gasteiger partial charge >= 0.3 is 5.97 Å². The van der Waals surface area contributed by atoms with Crippen molar-refractivity contribution in [2.24, 2.45) is 5.41 Å². The minimum atomic E-state index is -1.02. The maximum Gasteiger partial charge on any atom is 0.326 e. The molecule has 7 heteroatoms. The predicted molar refractivity (Wildman–Crippen MR) is 76.3 cm³/mol. The maximum atomic E-state index is 11.9. The number of nitrogens with zero attached hydrogens (tertiary/aromatic N) is 4. The Balaban J connectivity index is 2.06. The second kappa shape index (κ2) is 5.91. The maximum absolute atomic E-state index is 11.9. The summed E-state index contributed by atoms with van der Waals surface area (Å²) in [4.78, 5) is 22.5. The molecule has 0 bridgehead atoms. The first-order valence-corrected chi connectivity index (χ1v) is 6.73. The van der Waals surface area contributed by atoms with E-state index in [1.165, 1.54) is 0 Å². The fourth-order valence-corrected chi connectivity index (χ4v) is 2.27. The van der Waals surface area contributed by atoms with E-state index in [1.807, 2.05) is 12.7 Å². The van der Waals surface area contributed by atoms with Crippen molar-refractivity contribution in [2.45, 2.75) is 19.8 Å². The summed E-state index contributed by atoms with van der Waals surface area (Å²) in [7, 11) is 1.93. The van der Waals surface area contributed by atoms with Crippen molar-refractivity contribution in [1.29, 1.82) is 5.26 Å². The summed E-state index contributed by atoms with van der Waals surface area (Å²) in [5.41, 5.74) is -0.0133. The van der Waals surface area contributed by atoms with Gasteiger partial charge in [-0.2, -0.15) is 5.26 Å². The van der Waals surface area contributed by atoms with E-state index in [2.05, 4.69) is 16.0 Å². The van der Waals surface area contributed by atoms with Crippen molar-refractivity contribution in [3.8, 4) is 6.07 Å². The number of esters is 1. The first-order valence-electron chi connectivity index (χ1n) is 6.73. The molecule has 0 radical (unpaired) electrons. The van der Waals surface area contributed by atoms with Crippen LogP contribution < -0.4 is 10.4 Å². The van der Waals surface area contributed by atoms with Crippen molar-refractivity contribution in [1.82, 2.24) is 9.97 Å². The Morgan fingerprint density at radius 3 is 2.60 bits per heavy atom. The van der Waals surface area contributed by atoms with E-state index in [0.29, 0.717) is 38.5 Å². The molecule has 0 unspecified atom stereocenters. The SMILES string of the molecule is Bc1cnc(N2CCC(C#N)(C(=O)OCC)CC2)nc1. The number of aromatic nitrogens is 2. The van der Waals surface area contributed by atoms with E-state index >= 15 is 0 Å². The van der Waals surface area contributed by atoms with E-state index in [1.54, 1.807) is 19.3 Å². The summed E-state index contributed by atoms with van der Waals surface area (Å²) in [6.45, 7) is 3.20. The van der Waals surface area contributed by atoms with Crippen LogP contribution in [0.15, 0.2) is 12.4 Å². The summed E-state index contributed by atoms with van der Waals surface area (Å²) >= 11 is 0. The lowest BCUT2D eigenvalue weighted by Gasteiger charge is -2.35. The molecule has 1 aromatic heterocycles. The van der Waals surface area contributed by atoms with Gasteiger partial charge in [0.1, 0.15) is 7.85 Å². The fraction of sp³-hybridized carbons (Fsp3) is 0.538. The lowest BCUT2D eigenvalue weighted by Crippen LogP contribution is -2.45. The van der Waals surface area contributed by atoms with Crippen LogP contribution in [0.1, 0.15) is 19.8 Å². The zero-order valence-electron chi connectivity index (χ0n) is 11.8. The van der Waals surface area contributed by atoms with Gasteiger partial charge in [0, 0.05) is 25.5 Å². The molecule has 6 nitrogen and oxygen atoms in total. The van der Waals surface area contributed by atoms with Gasteiger partial charge in [-0.3, -0.25) is 4.79 Å². The number of carbonyl (C=O) groups excluding carboxylic acids is 1. The van der Waals surface area contributed by atoms with Crippen molar-refractivity contribution in [3.63, 3.8) is 0 Å². The first-order chi connectivity index (χ1) is 9.61. The molecule has 0 spiro atoms. The molecule has 0 aliphatic carbocycles. The lowest BCUT2D eigenvalue weighted by atomic mass is 9.80. The monoisotopic (exact) mass is 272 g/mol. The van der Waals surface area contributed by atoms with Gasteiger partial charge in [0.15, 0.2) is 5.41 Å². The van der Waals surface area contributed by atoms with Crippen LogP contribution >= 0.6 is 0 Å². The zero-order valence-corrected chi connectivity index (χ0v) is 11.8. The largest absolute Gasteiger partial charge is 0.465 e. The molecule has 1 fully saturated rings. The van der Waals surface area contributed by atoms with Crippen LogP contribution in [-0.4, -0.2) is 43.5 Å². The Kier molecular flexibility index (Phi) is 4.23. The van der Waals surface area contributed by atoms with Crippen LogP contribution in [0.2, 0.25) is 0 Å². The van der Waals surface area contributed by atoms with Crippen molar-refractivity contribution >= 4 is 25.2 Å². The predicted octanol–water partition coefficient (Wildman–Crippen LogP) is -0.592. The third-order valence-corrected chi connectivity index (χ3v) is 3.55. The molecule has 0 saturated carbocycles. The highest BCUT2D eigenvalue weighted by molar-refractivity contribution is 6.31. The molecular formula is C13H17BN4O2. The highest BCUT2D eigenvalue weighted by atomic mass is 16.5. The van der Waals surface area contributed by atoms with Gasteiger partial charge in [-0.15, -0.1) is 0 Å². The third kappa shape index (κ3) is 2.74. The summed E-state index contributed by atoms with van der Waals surface area (Å²) in [6, 6.07) is 2.14. The summed E-state index contributed by atoms with van der Waals surface area (Å²) in [6.07, 6.45) is 4.42. The Bertz CT molecular complexity index is 518. The van der Waals surface area contributed by atoms with Crippen LogP contribution in [0.3, 0.4) is 0 Å². The number of hydrogen-bond acceptors (Lipinski definition) is 6. The van der Waals surface area contributed by atoms with Crippen molar-refractivity contribution in [3.05, 3.63) is 12.4 Å². The number of hydrogen-bond donors (Lipinski definition) is 0. The van der Waals surface area contributed by atoms with Gasteiger partial charge < -0.3 is 9.64 Å². The molecule has 20 heavy (non-hydrogen) atoms. The van der Waals surface area contributed by atoms with Gasteiger partial charge in [0.2, 0.25) is 5.95 Å². The highest BCUT2D eigenvalue weighted by Crippen LogP contribution is 2.33. The van der Waals surface area contributed by atoms with Crippen molar-refractivity contribution in [2.75, 3.05) is 24.6 Å². The van der Waals surface area contributed by atoms with E-state index in [9.17, 15) is 10.1 Å². The van der Waals surface area contributed by atoms with Crippen LogP contribution in [0, 0.1) is 16.7 Å². The average Bonchev–Trinajstić information content (AvgIpc) is 2.48. The normalized spacial score (nSPS) is 17.3. The molecule has 0 atom stereocenters. The average molecular weight is 272 g/mol. The van der Waals surface area contributed by atoms with Crippen LogP contribution in [0.25, 0.3) is 0 Å². The number of piperidine rings is 1. The molecule has 0 aromatic carbocycles. The fourth-order valence-electron chi connectivity index (χ4n) is 2.27. The van der Waals surface area contributed by atoms with Crippen LogP contribution in [0.5, 0.6) is 0 Å². The molecule has 1 aliphatic heterocycles. The number of ether oxygens (including phenoxy) is 1. The van der Waals surface area contributed by atoms with Gasteiger partial charge in [-0.1, -0.05) is 5.46 Å².